The minimum Gasteiger partial charge on any atom is -0.393 e. The minimum absolute atomic E-state index is 0.0638. The predicted molar refractivity (Wildman–Crippen MR) is 121 cm³/mol. The summed E-state index contributed by atoms with van der Waals surface area (Å²) in [5, 5.41) is 25.5. The first kappa shape index (κ1) is 21.4. The number of fused-ring (bicyclic) bond motifs is 8. The first-order valence-electron chi connectivity index (χ1n) is 13.5. The predicted octanol–water partition coefficient (Wildman–Crippen LogP) is 4.34. The maximum atomic E-state index is 11.5. The van der Waals surface area contributed by atoms with Gasteiger partial charge in [0.1, 0.15) is 0 Å². The molecular weight excluding hydrogens is 386 g/mol. The highest BCUT2D eigenvalue weighted by atomic mass is 16.6. The molecule has 0 spiro atoms. The number of hydrogen-bond acceptors (Lipinski definition) is 4. The van der Waals surface area contributed by atoms with E-state index >= 15 is 0 Å². The van der Waals surface area contributed by atoms with E-state index in [0.717, 1.165) is 55.9 Å². The summed E-state index contributed by atoms with van der Waals surface area (Å²) in [6.45, 7) is 10.8. The van der Waals surface area contributed by atoms with Crippen LogP contribution in [0.5, 0.6) is 0 Å². The Labute approximate surface area is 188 Å². The standard InChI is InChI=1S/C27H45NO3/c1-15-13-27(30)24(28-14-15)16(2)23-22(31-27)12-21-19-6-5-17-11-18(29)7-9-25(17,3)20(19)8-10-26(21,23)4/h15-24,28-30H,5-14H2,1-4H3/t15-,16-,17-,18-,19+,20-,21-,22-,23-,24+,25-,26-,27-/m0/s1. The van der Waals surface area contributed by atoms with Gasteiger partial charge in [-0.1, -0.05) is 27.7 Å². The van der Waals surface area contributed by atoms with Gasteiger partial charge in [-0.05, 0) is 110 Å². The summed E-state index contributed by atoms with van der Waals surface area (Å²) in [7, 11) is 0. The van der Waals surface area contributed by atoms with E-state index in [-0.39, 0.29) is 18.2 Å². The molecule has 6 aliphatic rings. The maximum Gasteiger partial charge on any atom is 0.181 e. The molecular formula is C27H45NO3. The highest BCUT2D eigenvalue weighted by Crippen LogP contribution is 2.70. The number of piperidine rings is 1. The molecule has 3 N–H and O–H groups in total. The number of hydrogen-bond donors (Lipinski definition) is 3. The second-order valence-corrected chi connectivity index (χ2v) is 13.4. The first-order valence-corrected chi connectivity index (χ1v) is 13.5. The fourth-order valence-corrected chi connectivity index (χ4v) is 10.7. The van der Waals surface area contributed by atoms with Crippen LogP contribution in [0.4, 0.5) is 0 Å². The van der Waals surface area contributed by atoms with E-state index in [2.05, 4.69) is 33.0 Å². The van der Waals surface area contributed by atoms with E-state index in [1.54, 1.807) is 0 Å². The van der Waals surface area contributed by atoms with Crippen LogP contribution in [0.1, 0.15) is 85.5 Å². The van der Waals surface area contributed by atoms with E-state index in [9.17, 15) is 10.2 Å². The van der Waals surface area contributed by atoms with Crippen molar-refractivity contribution >= 4 is 0 Å². The van der Waals surface area contributed by atoms with Crippen LogP contribution >= 0.6 is 0 Å². The molecule has 4 heteroatoms. The van der Waals surface area contributed by atoms with Gasteiger partial charge in [0.2, 0.25) is 0 Å². The summed E-state index contributed by atoms with van der Waals surface area (Å²) < 4.78 is 6.69. The van der Waals surface area contributed by atoms with Crippen LogP contribution in [-0.2, 0) is 4.74 Å². The van der Waals surface area contributed by atoms with E-state index < -0.39 is 5.79 Å². The molecule has 4 aliphatic carbocycles. The molecule has 176 valence electrons. The van der Waals surface area contributed by atoms with E-state index in [0.29, 0.717) is 28.6 Å². The average Bonchev–Trinajstić information content (AvgIpc) is 2.99. The zero-order valence-electron chi connectivity index (χ0n) is 20.1. The zero-order valence-corrected chi connectivity index (χ0v) is 20.1. The third-order valence-electron chi connectivity index (χ3n) is 12.0. The van der Waals surface area contributed by atoms with Gasteiger partial charge < -0.3 is 20.3 Å². The van der Waals surface area contributed by atoms with Crippen LogP contribution in [0, 0.1) is 52.3 Å². The lowest BCUT2D eigenvalue weighted by Crippen LogP contribution is -2.68. The Morgan fingerprint density at radius 2 is 1.71 bits per heavy atom. The Morgan fingerprint density at radius 1 is 0.935 bits per heavy atom. The molecule has 0 aromatic rings. The van der Waals surface area contributed by atoms with Crippen LogP contribution in [0.3, 0.4) is 0 Å². The van der Waals surface area contributed by atoms with Crippen molar-refractivity contribution in [3.63, 3.8) is 0 Å². The van der Waals surface area contributed by atoms with Crippen LogP contribution in [-0.4, -0.2) is 40.8 Å². The Bertz CT molecular complexity index is 729. The Hall–Kier alpha value is -0.160. The third-order valence-corrected chi connectivity index (χ3v) is 12.0. The largest absolute Gasteiger partial charge is 0.393 e. The lowest BCUT2D eigenvalue weighted by molar-refractivity contribution is -0.311. The summed E-state index contributed by atoms with van der Waals surface area (Å²) in [5.41, 5.74) is 0.765. The quantitative estimate of drug-likeness (QED) is 0.534. The lowest BCUT2D eigenvalue weighted by atomic mass is 9.44. The highest BCUT2D eigenvalue weighted by molar-refractivity contribution is 5.15. The first-order chi connectivity index (χ1) is 14.7. The number of rotatable bonds is 0. The van der Waals surface area contributed by atoms with Gasteiger partial charge in [-0.15, -0.1) is 0 Å². The van der Waals surface area contributed by atoms with Crippen molar-refractivity contribution in [3.05, 3.63) is 0 Å². The van der Waals surface area contributed by atoms with Gasteiger partial charge in [0.15, 0.2) is 5.79 Å². The molecule has 4 saturated carbocycles. The summed E-state index contributed by atoms with van der Waals surface area (Å²) in [6, 6.07) is 0.0753. The number of aliphatic hydroxyl groups is 2. The van der Waals surface area contributed by atoms with Gasteiger partial charge in [0, 0.05) is 6.42 Å². The smallest absolute Gasteiger partial charge is 0.181 e. The summed E-state index contributed by atoms with van der Waals surface area (Å²) in [5.74, 6) is 3.57. The number of nitrogens with one attached hydrogen (secondary N) is 1. The molecule has 2 saturated heterocycles. The van der Waals surface area contributed by atoms with Crippen LogP contribution in [0.15, 0.2) is 0 Å². The van der Waals surface area contributed by atoms with Crippen LogP contribution in [0.2, 0.25) is 0 Å². The number of aliphatic hydroxyl groups excluding tert-OH is 1. The van der Waals surface area contributed by atoms with E-state index in [4.69, 9.17) is 4.74 Å². The highest BCUT2D eigenvalue weighted by Gasteiger charge is 2.67. The molecule has 2 aliphatic heterocycles. The Balaban J connectivity index is 1.30. The van der Waals surface area contributed by atoms with Gasteiger partial charge in [-0.3, -0.25) is 0 Å². The minimum atomic E-state index is -0.981. The molecule has 6 fully saturated rings. The molecule has 0 radical (unpaired) electrons. The molecule has 0 amide bonds. The van der Waals surface area contributed by atoms with Gasteiger partial charge in [-0.25, -0.2) is 0 Å². The van der Waals surface area contributed by atoms with E-state index in [1.807, 2.05) is 0 Å². The SMILES string of the molecule is C[C@@H]1CN[C@@H]2[C@@H](C)[C@H]3[C@H](C[C@H]4[C@@H]5CC[C@H]6C[C@@H](O)CC[C@]6(C)[C@H]5CC[C@]34C)O[C@@]2(O)C1. The van der Waals surface area contributed by atoms with Crippen molar-refractivity contribution in [2.45, 2.75) is 110 Å². The molecule has 2 heterocycles. The average molecular weight is 432 g/mol. The molecule has 13 atom stereocenters. The van der Waals surface area contributed by atoms with Crippen molar-refractivity contribution in [3.8, 4) is 0 Å². The zero-order chi connectivity index (χ0) is 21.8. The molecule has 4 nitrogen and oxygen atoms in total. The summed E-state index contributed by atoms with van der Waals surface area (Å²) >= 11 is 0. The second-order valence-electron chi connectivity index (χ2n) is 13.4. The summed E-state index contributed by atoms with van der Waals surface area (Å²) in [4.78, 5) is 0. The van der Waals surface area contributed by atoms with Gasteiger partial charge >= 0.3 is 0 Å². The van der Waals surface area contributed by atoms with E-state index in [1.165, 1.54) is 32.1 Å². The van der Waals surface area contributed by atoms with Crippen molar-refractivity contribution in [1.29, 1.82) is 0 Å². The Kier molecular flexibility index (Phi) is 4.78. The van der Waals surface area contributed by atoms with Crippen molar-refractivity contribution in [2.75, 3.05) is 6.54 Å². The molecule has 6 rings (SSSR count). The van der Waals surface area contributed by atoms with Crippen molar-refractivity contribution in [2.24, 2.45) is 52.3 Å². The topological polar surface area (TPSA) is 61.7 Å². The molecule has 31 heavy (non-hydrogen) atoms. The normalized spacial score (nSPS) is 63.3. The Morgan fingerprint density at radius 3 is 2.52 bits per heavy atom. The summed E-state index contributed by atoms with van der Waals surface area (Å²) in [6.07, 6.45) is 10.7. The van der Waals surface area contributed by atoms with Gasteiger partial charge in [-0.2, -0.15) is 0 Å². The molecule has 0 aromatic carbocycles. The number of ether oxygens (including phenoxy) is 1. The molecule has 0 bridgehead atoms. The second kappa shape index (κ2) is 6.93. The van der Waals surface area contributed by atoms with Crippen LogP contribution < -0.4 is 5.32 Å². The van der Waals surface area contributed by atoms with Gasteiger partial charge in [0.05, 0.1) is 18.2 Å². The molecule has 0 aromatic heterocycles. The lowest BCUT2D eigenvalue weighted by Gasteiger charge is -2.62. The van der Waals surface area contributed by atoms with Crippen molar-refractivity contribution < 1.29 is 14.9 Å². The van der Waals surface area contributed by atoms with Crippen LogP contribution in [0.25, 0.3) is 0 Å². The molecule has 0 unspecified atom stereocenters. The monoisotopic (exact) mass is 431 g/mol. The maximum absolute atomic E-state index is 11.5. The van der Waals surface area contributed by atoms with Gasteiger partial charge in [0.25, 0.3) is 0 Å². The van der Waals surface area contributed by atoms with Crippen molar-refractivity contribution in [1.82, 2.24) is 5.32 Å². The fourth-order valence-electron chi connectivity index (χ4n) is 10.7. The fraction of sp³-hybridized carbons (Fsp3) is 1.00. The third kappa shape index (κ3) is 2.87.